The van der Waals surface area contributed by atoms with Gasteiger partial charge in [0.05, 0.1) is 17.6 Å². The maximum absolute atomic E-state index is 12.5. The van der Waals surface area contributed by atoms with E-state index in [0.29, 0.717) is 5.02 Å². The highest BCUT2D eigenvalue weighted by Gasteiger charge is 2.11. The van der Waals surface area contributed by atoms with Gasteiger partial charge in [-0.1, -0.05) is 35.9 Å². The Balaban J connectivity index is 1.60. The number of aromatic nitrogens is 2. The largest absolute Gasteiger partial charge is 0.361 e. The average Bonchev–Trinajstić information content (AvgIpc) is 2.97. The number of fused-ring (bicyclic) bond motifs is 2. The van der Waals surface area contributed by atoms with Crippen molar-refractivity contribution in [1.29, 1.82) is 0 Å². The number of halogens is 1. The Morgan fingerprint density at radius 2 is 2.04 bits per heavy atom. The average molecular weight is 336 g/mol. The van der Waals surface area contributed by atoms with Crippen LogP contribution >= 0.6 is 11.6 Å². The second-order valence-electron chi connectivity index (χ2n) is 5.61. The number of amides is 1. The lowest BCUT2D eigenvalue weighted by atomic mass is 10.1. The highest BCUT2D eigenvalue weighted by atomic mass is 35.5. The molecule has 0 fully saturated rings. The predicted molar refractivity (Wildman–Crippen MR) is 97.4 cm³/mol. The molecule has 2 aromatic heterocycles. The molecule has 0 atom stereocenters. The number of H-pyrrole nitrogens is 1. The first-order valence-corrected chi connectivity index (χ1v) is 7.97. The van der Waals surface area contributed by atoms with Gasteiger partial charge in [0.1, 0.15) is 0 Å². The molecule has 0 aliphatic heterocycles. The van der Waals surface area contributed by atoms with E-state index in [-0.39, 0.29) is 12.3 Å². The molecular formula is C19H14ClN3O. The number of hydrogen-bond donors (Lipinski definition) is 2. The van der Waals surface area contributed by atoms with E-state index in [1.807, 2.05) is 54.7 Å². The SMILES string of the molecule is O=C(Cc1c[nH]c2cc(Cl)ccc12)Nc1cccc2cccnc12. The van der Waals surface area contributed by atoms with E-state index >= 15 is 0 Å². The summed E-state index contributed by atoms with van der Waals surface area (Å²) < 4.78 is 0. The summed E-state index contributed by atoms with van der Waals surface area (Å²) in [5.41, 5.74) is 3.38. The summed E-state index contributed by atoms with van der Waals surface area (Å²) in [4.78, 5) is 20.0. The van der Waals surface area contributed by atoms with E-state index in [4.69, 9.17) is 11.6 Å². The van der Waals surface area contributed by atoms with Gasteiger partial charge in [0.25, 0.3) is 0 Å². The fraction of sp³-hybridized carbons (Fsp3) is 0.0526. The summed E-state index contributed by atoms with van der Waals surface area (Å²) in [6.07, 6.45) is 3.86. The molecule has 0 aliphatic rings. The van der Waals surface area contributed by atoms with E-state index in [1.165, 1.54) is 0 Å². The van der Waals surface area contributed by atoms with Gasteiger partial charge in [0.2, 0.25) is 5.91 Å². The number of benzene rings is 2. The van der Waals surface area contributed by atoms with Gasteiger partial charge in [-0.25, -0.2) is 0 Å². The third-order valence-electron chi connectivity index (χ3n) is 3.99. The zero-order chi connectivity index (χ0) is 16.5. The molecule has 0 spiro atoms. The molecule has 0 radical (unpaired) electrons. The first-order valence-electron chi connectivity index (χ1n) is 7.60. The highest BCUT2D eigenvalue weighted by molar-refractivity contribution is 6.31. The molecule has 5 heteroatoms. The van der Waals surface area contributed by atoms with E-state index in [1.54, 1.807) is 6.20 Å². The van der Waals surface area contributed by atoms with Crippen molar-refractivity contribution >= 4 is 45.0 Å². The van der Waals surface area contributed by atoms with Gasteiger partial charge in [0, 0.05) is 33.7 Å². The summed E-state index contributed by atoms with van der Waals surface area (Å²) >= 11 is 5.99. The number of aromatic amines is 1. The number of carbonyl (C=O) groups is 1. The second kappa shape index (κ2) is 5.98. The number of anilines is 1. The van der Waals surface area contributed by atoms with Crippen LogP contribution in [0.1, 0.15) is 5.56 Å². The van der Waals surface area contributed by atoms with Crippen LogP contribution in [0.15, 0.2) is 60.9 Å². The number of carbonyl (C=O) groups excluding carboxylic acids is 1. The minimum Gasteiger partial charge on any atom is -0.361 e. The summed E-state index contributed by atoms with van der Waals surface area (Å²) in [5, 5.41) is 5.63. The van der Waals surface area contributed by atoms with Gasteiger partial charge in [-0.15, -0.1) is 0 Å². The Bertz CT molecular complexity index is 1050. The minimum absolute atomic E-state index is 0.0796. The number of hydrogen-bond acceptors (Lipinski definition) is 2. The number of rotatable bonds is 3. The maximum atomic E-state index is 12.5. The van der Waals surface area contributed by atoms with Gasteiger partial charge in [-0.05, 0) is 29.8 Å². The number of nitrogens with one attached hydrogen (secondary N) is 2. The molecule has 2 N–H and O–H groups in total. The Labute approximate surface area is 143 Å². The molecule has 24 heavy (non-hydrogen) atoms. The van der Waals surface area contributed by atoms with Crippen LogP contribution in [0, 0.1) is 0 Å². The Morgan fingerprint density at radius 3 is 2.96 bits per heavy atom. The Hall–Kier alpha value is -2.85. The number of para-hydroxylation sites is 1. The van der Waals surface area contributed by atoms with Crippen molar-refractivity contribution in [2.45, 2.75) is 6.42 Å². The zero-order valence-corrected chi connectivity index (χ0v) is 13.5. The molecule has 2 aromatic carbocycles. The molecule has 1 amide bonds. The van der Waals surface area contributed by atoms with Crippen molar-refractivity contribution in [2.75, 3.05) is 5.32 Å². The molecule has 4 rings (SSSR count). The standard InChI is InChI=1S/C19H14ClN3O/c20-14-6-7-15-13(11-22-17(15)10-14)9-18(24)23-16-5-1-3-12-4-2-8-21-19(12)16/h1-8,10-11,22H,9H2,(H,23,24). The van der Waals surface area contributed by atoms with Crippen LogP contribution in [0.25, 0.3) is 21.8 Å². The van der Waals surface area contributed by atoms with Crippen molar-refractivity contribution in [3.05, 3.63) is 71.5 Å². The predicted octanol–water partition coefficient (Wildman–Crippen LogP) is 4.55. The van der Waals surface area contributed by atoms with Gasteiger partial charge >= 0.3 is 0 Å². The monoisotopic (exact) mass is 335 g/mol. The van der Waals surface area contributed by atoms with Crippen LogP contribution in [0.2, 0.25) is 5.02 Å². The van der Waals surface area contributed by atoms with Crippen LogP contribution in [0.4, 0.5) is 5.69 Å². The molecule has 118 valence electrons. The smallest absolute Gasteiger partial charge is 0.228 e. The molecule has 4 nitrogen and oxygen atoms in total. The second-order valence-corrected chi connectivity index (χ2v) is 6.05. The number of nitrogens with zero attached hydrogens (tertiary/aromatic N) is 1. The molecule has 0 bridgehead atoms. The molecule has 0 unspecified atom stereocenters. The number of pyridine rings is 1. The van der Waals surface area contributed by atoms with Crippen molar-refractivity contribution in [1.82, 2.24) is 9.97 Å². The molecule has 2 heterocycles. The van der Waals surface area contributed by atoms with Gasteiger partial charge < -0.3 is 10.3 Å². The van der Waals surface area contributed by atoms with Crippen LogP contribution in [0.5, 0.6) is 0 Å². The molecule has 0 saturated heterocycles. The molecular weight excluding hydrogens is 322 g/mol. The maximum Gasteiger partial charge on any atom is 0.228 e. The van der Waals surface area contributed by atoms with E-state index in [2.05, 4.69) is 15.3 Å². The molecule has 0 aliphatic carbocycles. The van der Waals surface area contributed by atoms with Crippen molar-refractivity contribution < 1.29 is 4.79 Å². The summed E-state index contributed by atoms with van der Waals surface area (Å²) in [7, 11) is 0. The van der Waals surface area contributed by atoms with Crippen molar-refractivity contribution in [3.63, 3.8) is 0 Å². The van der Waals surface area contributed by atoms with E-state index in [0.717, 1.165) is 33.1 Å². The van der Waals surface area contributed by atoms with E-state index in [9.17, 15) is 4.79 Å². The van der Waals surface area contributed by atoms with Gasteiger partial charge in [0.15, 0.2) is 0 Å². The first-order chi connectivity index (χ1) is 11.7. The summed E-state index contributed by atoms with van der Waals surface area (Å²) in [5.74, 6) is -0.0796. The normalized spacial score (nSPS) is 11.0. The minimum atomic E-state index is -0.0796. The summed E-state index contributed by atoms with van der Waals surface area (Å²) in [6, 6.07) is 15.2. The third kappa shape index (κ3) is 2.72. The van der Waals surface area contributed by atoms with Crippen LogP contribution in [-0.2, 0) is 11.2 Å². The van der Waals surface area contributed by atoms with Crippen LogP contribution in [-0.4, -0.2) is 15.9 Å². The van der Waals surface area contributed by atoms with Gasteiger partial charge in [-0.3, -0.25) is 9.78 Å². The first kappa shape index (κ1) is 14.7. The lowest BCUT2D eigenvalue weighted by Crippen LogP contribution is -2.14. The lowest BCUT2D eigenvalue weighted by Gasteiger charge is -2.07. The zero-order valence-electron chi connectivity index (χ0n) is 12.7. The molecule has 0 saturated carbocycles. The van der Waals surface area contributed by atoms with Crippen molar-refractivity contribution in [2.24, 2.45) is 0 Å². The van der Waals surface area contributed by atoms with Crippen LogP contribution in [0.3, 0.4) is 0 Å². The quantitative estimate of drug-likeness (QED) is 0.577. The van der Waals surface area contributed by atoms with Crippen molar-refractivity contribution in [3.8, 4) is 0 Å². The van der Waals surface area contributed by atoms with E-state index < -0.39 is 0 Å². The van der Waals surface area contributed by atoms with Crippen LogP contribution < -0.4 is 5.32 Å². The molecule has 4 aromatic rings. The summed E-state index contributed by atoms with van der Waals surface area (Å²) in [6.45, 7) is 0. The fourth-order valence-corrected chi connectivity index (χ4v) is 3.05. The lowest BCUT2D eigenvalue weighted by molar-refractivity contribution is -0.115. The highest BCUT2D eigenvalue weighted by Crippen LogP contribution is 2.24. The fourth-order valence-electron chi connectivity index (χ4n) is 2.88. The Morgan fingerprint density at radius 1 is 1.17 bits per heavy atom. The topological polar surface area (TPSA) is 57.8 Å². The Kier molecular flexibility index (Phi) is 3.67. The third-order valence-corrected chi connectivity index (χ3v) is 4.22. The van der Waals surface area contributed by atoms with Gasteiger partial charge in [-0.2, -0.15) is 0 Å².